The Kier molecular flexibility index (Phi) is 27.2. The van der Waals surface area contributed by atoms with Crippen LogP contribution in [0.1, 0.15) is 276 Å². The lowest BCUT2D eigenvalue weighted by atomic mass is 9.54. The Hall–Kier alpha value is -4.77. The van der Waals surface area contributed by atoms with Crippen LogP contribution in [0.2, 0.25) is 0 Å². The van der Waals surface area contributed by atoms with Crippen molar-refractivity contribution in [1.29, 1.82) is 0 Å². The van der Waals surface area contributed by atoms with E-state index in [-0.39, 0.29) is 115 Å². The summed E-state index contributed by atoms with van der Waals surface area (Å²) in [6.45, 7) is 23.6. The summed E-state index contributed by atoms with van der Waals surface area (Å²) in [6, 6.07) is 0. The van der Waals surface area contributed by atoms with E-state index in [1.807, 2.05) is 83.1 Å². The normalized spacial score (nSPS) is 31.8. The molecular weight excluding hydrogens is 1190 g/mol. The molecule has 8 unspecified atom stereocenters. The van der Waals surface area contributed by atoms with Gasteiger partial charge in [-0.15, -0.1) is 0 Å². The minimum absolute atomic E-state index is 0.0260. The molecule has 0 aromatic heterocycles. The van der Waals surface area contributed by atoms with E-state index in [0.717, 1.165) is 131 Å². The number of ether oxygens (including phenoxy) is 9. The molecule has 0 radical (unpaired) electrons. The van der Waals surface area contributed by atoms with Gasteiger partial charge in [0.15, 0.2) is 26.4 Å². The summed E-state index contributed by atoms with van der Waals surface area (Å²) in [5.74, 6) is 3.85. The average molecular weight is 1310 g/mol. The molecule has 0 aromatic carbocycles. The molecule has 0 aliphatic heterocycles. The summed E-state index contributed by atoms with van der Waals surface area (Å²) < 4.78 is 48.1. The first-order valence-corrected chi connectivity index (χ1v) is 36.6. The smallest absolute Gasteiger partial charge is 0.344 e. The molecule has 0 amide bonds. The average Bonchev–Trinajstić information content (AvgIpc) is 1.58. The maximum Gasteiger partial charge on any atom is 0.344 e. The molecule has 528 valence electrons. The zero-order valence-corrected chi connectivity index (χ0v) is 59.3. The second kappa shape index (κ2) is 33.5. The van der Waals surface area contributed by atoms with Crippen molar-refractivity contribution in [3.63, 3.8) is 0 Å². The van der Waals surface area contributed by atoms with Gasteiger partial charge < -0.3 is 42.6 Å². The minimum atomic E-state index is -0.541. The standard InChI is InChI=1S/C18H28O4.C17H26O4.C15H24O4.C14H22O4.C11H20O2/c1-4-17(2,3)16(20)21-11-15(19)22-18-8-12-5-13(9-18)7-14(6-12)10-18;1-3-11(2)16(19)20-10-15(18)21-17-7-12-4-13(8-17)6-14(5-12)9-17;1-4-15(2,3)14(17)18-9-13(16)19-12-8-10-5-6-11(12)7-10;1-3-9(2)14(16)17-8-13(15)18-12-7-10-4-5-11(12)6-10;1-4-11(2,3)10(12)13-9-7-5-6-8-9/h12-14H,4-11H2,1-3H3;11-14H,3-10H2,1-2H3;10-12H,4-9H2,1-3H3;9-12H,3-8H2,1-2H3;9H,4-8H2,1-3H3. The van der Waals surface area contributed by atoms with E-state index in [1.165, 1.54) is 89.9 Å². The largest absolute Gasteiger partial charge is 0.462 e. The van der Waals surface area contributed by atoms with Gasteiger partial charge in [-0.1, -0.05) is 48.5 Å². The number of hydrogen-bond donors (Lipinski definition) is 0. The lowest BCUT2D eigenvalue weighted by Gasteiger charge is -2.55. The molecule has 8 atom stereocenters. The van der Waals surface area contributed by atoms with Crippen molar-refractivity contribution in [2.75, 3.05) is 26.4 Å². The van der Waals surface area contributed by atoms with E-state index in [1.54, 1.807) is 6.92 Å². The zero-order chi connectivity index (χ0) is 68.1. The lowest BCUT2D eigenvalue weighted by molar-refractivity contribution is -0.193. The van der Waals surface area contributed by atoms with Crippen molar-refractivity contribution in [1.82, 2.24) is 0 Å². The Balaban J connectivity index is 0.000000166. The van der Waals surface area contributed by atoms with Gasteiger partial charge in [-0.05, 0) is 287 Å². The van der Waals surface area contributed by atoms with Gasteiger partial charge in [0, 0.05) is 0 Å². The SMILES string of the molecule is CCC(C)(C)C(=O)OC1CCCC1.CCC(C)(C)C(=O)OCC(=O)OC12CC3CC(CC(C3)C1)C2.CCC(C)(C)C(=O)OCC(=O)OC1CC2CCC1C2.CCC(C)C(=O)OCC(=O)OC12CC3CC(CC(C3)C1)C2.CCC(C)C(=O)OCC(=O)OC1CC2CCC1C2. The van der Waals surface area contributed by atoms with Crippen LogP contribution >= 0.6 is 0 Å². The van der Waals surface area contributed by atoms with Crippen LogP contribution in [0.3, 0.4) is 0 Å². The van der Waals surface area contributed by atoms with E-state index in [2.05, 4.69) is 0 Å². The molecule has 13 aliphatic rings. The number of hydrogen-bond acceptors (Lipinski definition) is 18. The third-order valence-corrected chi connectivity index (χ3v) is 23.8. The van der Waals surface area contributed by atoms with Crippen LogP contribution in [0.4, 0.5) is 0 Å². The fourth-order valence-corrected chi connectivity index (χ4v) is 17.2. The van der Waals surface area contributed by atoms with Gasteiger partial charge in [0.25, 0.3) is 0 Å². The second-order valence-electron chi connectivity index (χ2n) is 32.6. The van der Waals surface area contributed by atoms with Crippen LogP contribution in [0.5, 0.6) is 0 Å². The molecule has 18 heteroatoms. The second-order valence-corrected chi connectivity index (χ2v) is 32.6. The number of esters is 9. The predicted molar refractivity (Wildman–Crippen MR) is 348 cm³/mol. The van der Waals surface area contributed by atoms with Crippen LogP contribution in [0, 0.1) is 87.3 Å². The monoisotopic (exact) mass is 1310 g/mol. The Morgan fingerprint density at radius 3 is 0.978 bits per heavy atom. The number of carbonyl (C=O) groups excluding carboxylic acids is 9. The van der Waals surface area contributed by atoms with Crippen LogP contribution in [-0.4, -0.2) is 110 Å². The van der Waals surface area contributed by atoms with E-state index in [0.29, 0.717) is 24.7 Å². The summed E-state index contributed by atoms with van der Waals surface area (Å²) in [7, 11) is 0. The third kappa shape index (κ3) is 21.6. The third-order valence-electron chi connectivity index (χ3n) is 23.8. The van der Waals surface area contributed by atoms with Crippen molar-refractivity contribution in [2.45, 2.75) is 306 Å². The van der Waals surface area contributed by atoms with Crippen molar-refractivity contribution < 1.29 is 85.8 Å². The van der Waals surface area contributed by atoms with Crippen molar-refractivity contribution in [2.24, 2.45) is 87.3 Å². The van der Waals surface area contributed by atoms with Gasteiger partial charge in [0.2, 0.25) is 0 Å². The molecule has 12 bridgehead atoms. The Morgan fingerprint density at radius 2 is 0.677 bits per heavy atom. The van der Waals surface area contributed by atoms with Crippen molar-refractivity contribution in [3.05, 3.63) is 0 Å². The van der Waals surface area contributed by atoms with Gasteiger partial charge in [-0.2, -0.15) is 0 Å². The zero-order valence-electron chi connectivity index (χ0n) is 59.3. The summed E-state index contributed by atoms with van der Waals surface area (Å²) in [6.07, 6.45) is 31.8. The quantitative estimate of drug-likeness (QED) is 0.0682. The molecule has 0 N–H and O–H groups in total. The fourth-order valence-electron chi connectivity index (χ4n) is 17.2. The molecule has 13 fully saturated rings. The van der Waals surface area contributed by atoms with Crippen molar-refractivity contribution >= 4 is 53.7 Å². The molecular formula is C75H120O18. The van der Waals surface area contributed by atoms with Gasteiger partial charge in [0.1, 0.15) is 29.5 Å². The van der Waals surface area contributed by atoms with Crippen LogP contribution in [0.15, 0.2) is 0 Å². The van der Waals surface area contributed by atoms with Gasteiger partial charge in [-0.3, -0.25) is 24.0 Å². The first-order valence-electron chi connectivity index (χ1n) is 36.6. The van der Waals surface area contributed by atoms with E-state index < -0.39 is 22.8 Å². The number of carbonyl (C=O) groups is 9. The summed E-state index contributed by atoms with van der Waals surface area (Å²) in [4.78, 5) is 106. The summed E-state index contributed by atoms with van der Waals surface area (Å²) in [5, 5.41) is 0. The lowest BCUT2D eigenvalue weighted by Crippen LogP contribution is -2.53. The van der Waals surface area contributed by atoms with Gasteiger partial charge in [-0.25, -0.2) is 19.2 Å². The Bertz CT molecular complexity index is 2470. The minimum Gasteiger partial charge on any atom is -0.462 e. The maximum atomic E-state index is 12.1. The van der Waals surface area contributed by atoms with Crippen LogP contribution < -0.4 is 0 Å². The molecule has 0 spiro atoms. The van der Waals surface area contributed by atoms with Gasteiger partial charge >= 0.3 is 53.7 Å². The number of fused-ring (bicyclic) bond motifs is 4. The maximum absolute atomic E-state index is 12.1. The molecule has 18 nitrogen and oxygen atoms in total. The van der Waals surface area contributed by atoms with Gasteiger partial charge in [0.05, 0.1) is 28.1 Å². The van der Waals surface area contributed by atoms with Crippen LogP contribution in [-0.2, 0) is 85.8 Å². The first kappa shape index (κ1) is 75.6. The molecule has 13 saturated carbocycles. The Labute approximate surface area is 556 Å². The predicted octanol–water partition coefficient (Wildman–Crippen LogP) is 14.5. The van der Waals surface area contributed by atoms with Crippen molar-refractivity contribution in [3.8, 4) is 0 Å². The molecule has 93 heavy (non-hydrogen) atoms. The topological polar surface area (TPSA) is 237 Å². The first-order chi connectivity index (χ1) is 43.9. The fraction of sp³-hybridized carbons (Fsp3) is 0.880. The molecule has 0 saturated heterocycles. The number of rotatable bonds is 23. The highest BCUT2D eigenvalue weighted by atomic mass is 16.6. The molecule has 0 heterocycles. The molecule has 0 aromatic rings. The van der Waals surface area contributed by atoms with Crippen LogP contribution in [0.25, 0.3) is 0 Å². The molecule has 13 rings (SSSR count). The highest BCUT2D eigenvalue weighted by Gasteiger charge is 2.55. The van der Waals surface area contributed by atoms with E-state index >= 15 is 0 Å². The summed E-state index contributed by atoms with van der Waals surface area (Å²) in [5.41, 5.74) is -1.87. The highest BCUT2D eigenvalue weighted by Crippen LogP contribution is 2.58. The highest BCUT2D eigenvalue weighted by molar-refractivity contribution is 5.81. The van der Waals surface area contributed by atoms with E-state index in [9.17, 15) is 43.2 Å². The summed E-state index contributed by atoms with van der Waals surface area (Å²) >= 11 is 0. The molecule has 13 aliphatic carbocycles. The Morgan fingerprint density at radius 1 is 0.366 bits per heavy atom. The van der Waals surface area contributed by atoms with E-state index in [4.69, 9.17) is 42.6 Å².